The molecule has 0 spiro atoms. The normalized spacial score (nSPS) is 10.8. The number of rotatable bonds is 6. The Balaban J connectivity index is 1.51. The minimum atomic E-state index is -0.104. The molecule has 1 amide bonds. The Bertz CT molecular complexity index is 1140. The SMILES string of the molecule is CC(C)NC(=O)c1cccc(-c2cc(-c3ccc(Nc4ccncc4)cc3)on2)c1. The number of nitrogens with one attached hydrogen (secondary N) is 2. The molecule has 2 aromatic carbocycles. The summed E-state index contributed by atoms with van der Waals surface area (Å²) in [6.07, 6.45) is 3.49. The van der Waals surface area contributed by atoms with Gasteiger partial charge >= 0.3 is 0 Å². The maximum absolute atomic E-state index is 12.3. The van der Waals surface area contributed by atoms with Gasteiger partial charge < -0.3 is 15.2 Å². The second-order valence-electron chi connectivity index (χ2n) is 7.22. The van der Waals surface area contributed by atoms with Gasteiger partial charge in [-0.3, -0.25) is 9.78 Å². The molecule has 4 rings (SSSR count). The number of nitrogens with zero attached hydrogens (tertiary/aromatic N) is 2. The van der Waals surface area contributed by atoms with Crippen molar-refractivity contribution < 1.29 is 9.32 Å². The zero-order chi connectivity index (χ0) is 20.9. The van der Waals surface area contributed by atoms with Crippen LogP contribution in [-0.4, -0.2) is 22.1 Å². The lowest BCUT2D eigenvalue weighted by molar-refractivity contribution is 0.0943. The predicted molar refractivity (Wildman–Crippen MR) is 117 cm³/mol. The quantitative estimate of drug-likeness (QED) is 0.462. The van der Waals surface area contributed by atoms with Crippen LogP contribution < -0.4 is 10.6 Å². The van der Waals surface area contributed by atoms with Crippen molar-refractivity contribution in [1.82, 2.24) is 15.5 Å². The van der Waals surface area contributed by atoms with Crippen molar-refractivity contribution in [3.63, 3.8) is 0 Å². The average molecular weight is 398 g/mol. The first-order valence-corrected chi connectivity index (χ1v) is 9.74. The van der Waals surface area contributed by atoms with Crippen molar-refractivity contribution in [1.29, 1.82) is 0 Å². The summed E-state index contributed by atoms with van der Waals surface area (Å²) in [7, 11) is 0. The number of carbonyl (C=O) groups excluding carboxylic acids is 1. The van der Waals surface area contributed by atoms with Crippen molar-refractivity contribution in [2.24, 2.45) is 0 Å². The van der Waals surface area contributed by atoms with Crippen molar-refractivity contribution in [2.45, 2.75) is 19.9 Å². The topological polar surface area (TPSA) is 80.0 Å². The average Bonchev–Trinajstić information content (AvgIpc) is 3.25. The molecule has 0 fully saturated rings. The van der Waals surface area contributed by atoms with Crippen LogP contribution in [0.15, 0.2) is 83.6 Å². The summed E-state index contributed by atoms with van der Waals surface area (Å²) in [4.78, 5) is 16.3. The third kappa shape index (κ3) is 4.55. The number of pyridine rings is 1. The Morgan fingerprint density at radius 3 is 2.37 bits per heavy atom. The molecule has 0 saturated heterocycles. The molecular weight excluding hydrogens is 376 g/mol. The van der Waals surface area contributed by atoms with E-state index in [0.29, 0.717) is 17.0 Å². The summed E-state index contributed by atoms with van der Waals surface area (Å²) in [5.41, 5.74) is 4.97. The van der Waals surface area contributed by atoms with Gasteiger partial charge in [0, 0.05) is 52.6 Å². The molecule has 0 aliphatic heterocycles. The molecule has 0 radical (unpaired) electrons. The summed E-state index contributed by atoms with van der Waals surface area (Å²) < 4.78 is 5.55. The van der Waals surface area contributed by atoms with E-state index in [4.69, 9.17) is 4.52 Å². The molecule has 30 heavy (non-hydrogen) atoms. The van der Waals surface area contributed by atoms with Gasteiger partial charge in [0.15, 0.2) is 5.76 Å². The zero-order valence-corrected chi connectivity index (χ0v) is 16.8. The van der Waals surface area contributed by atoms with E-state index in [-0.39, 0.29) is 11.9 Å². The van der Waals surface area contributed by atoms with Crippen molar-refractivity contribution in [3.8, 4) is 22.6 Å². The standard InChI is InChI=1S/C24H22N4O2/c1-16(2)26-24(29)19-5-3-4-18(14-19)22-15-23(30-28-22)17-6-8-20(9-7-17)27-21-10-12-25-13-11-21/h3-16H,1-2H3,(H,25,27)(H,26,29). The minimum absolute atomic E-state index is 0.0795. The van der Waals surface area contributed by atoms with E-state index in [1.54, 1.807) is 18.5 Å². The van der Waals surface area contributed by atoms with Crippen molar-refractivity contribution >= 4 is 17.3 Å². The molecule has 6 heteroatoms. The molecule has 2 aromatic heterocycles. The van der Waals surface area contributed by atoms with Gasteiger partial charge in [0.05, 0.1) is 0 Å². The maximum atomic E-state index is 12.3. The van der Waals surface area contributed by atoms with Crippen LogP contribution in [0.5, 0.6) is 0 Å². The number of benzene rings is 2. The van der Waals surface area contributed by atoms with Crippen LogP contribution >= 0.6 is 0 Å². The van der Waals surface area contributed by atoms with E-state index in [1.807, 2.05) is 74.5 Å². The number of aromatic nitrogens is 2. The molecule has 4 aromatic rings. The Morgan fingerprint density at radius 2 is 1.63 bits per heavy atom. The third-order valence-electron chi connectivity index (χ3n) is 4.49. The lowest BCUT2D eigenvalue weighted by Crippen LogP contribution is -2.30. The van der Waals surface area contributed by atoms with Gasteiger partial charge in [0.1, 0.15) is 5.69 Å². The molecule has 2 heterocycles. The van der Waals surface area contributed by atoms with E-state index < -0.39 is 0 Å². The molecule has 0 saturated carbocycles. The molecule has 0 aliphatic rings. The number of amides is 1. The first-order valence-electron chi connectivity index (χ1n) is 9.74. The van der Waals surface area contributed by atoms with Crippen molar-refractivity contribution in [3.05, 3.63) is 84.7 Å². The Labute approximate surface area is 175 Å². The van der Waals surface area contributed by atoms with Gasteiger partial charge in [-0.25, -0.2) is 0 Å². The zero-order valence-electron chi connectivity index (χ0n) is 16.8. The molecule has 150 valence electrons. The lowest BCUT2D eigenvalue weighted by Gasteiger charge is -2.08. The lowest BCUT2D eigenvalue weighted by atomic mass is 10.1. The fourth-order valence-corrected chi connectivity index (χ4v) is 3.03. The first kappa shape index (κ1) is 19.4. The highest BCUT2D eigenvalue weighted by Crippen LogP contribution is 2.28. The smallest absolute Gasteiger partial charge is 0.251 e. The molecule has 2 N–H and O–H groups in total. The number of hydrogen-bond donors (Lipinski definition) is 2. The fourth-order valence-electron chi connectivity index (χ4n) is 3.03. The van der Waals surface area contributed by atoms with E-state index in [2.05, 4.69) is 20.8 Å². The van der Waals surface area contributed by atoms with E-state index >= 15 is 0 Å². The highest BCUT2D eigenvalue weighted by molar-refractivity contribution is 5.95. The Morgan fingerprint density at radius 1 is 0.900 bits per heavy atom. The van der Waals surface area contributed by atoms with E-state index in [9.17, 15) is 4.79 Å². The molecular formula is C24H22N4O2. The second-order valence-corrected chi connectivity index (χ2v) is 7.22. The van der Waals surface area contributed by atoms with Crippen LogP contribution in [0.25, 0.3) is 22.6 Å². The van der Waals surface area contributed by atoms with Gasteiger partial charge in [-0.15, -0.1) is 0 Å². The predicted octanol–water partition coefficient (Wildman–Crippen LogP) is 5.29. The van der Waals surface area contributed by atoms with Gasteiger partial charge in [-0.05, 0) is 62.4 Å². The monoisotopic (exact) mass is 398 g/mol. The van der Waals surface area contributed by atoms with Gasteiger partial charge in [0.25, 0.3) is 5.91 Å². The summed E-state index contributed by atoms with van der Waals surface area (Å²) in [5.74, 6) is 0.561. The van der Waals surface area contributed by atoms with Crippen molar-refractivity contribution in [2.75, 3.05) is 5.32 Å². The summed E-state index contributed by atoms with van der Waals surface area (Å²) in [6.45, 7) is 3.87. The third-order valence-corrected chi connectivity index (χ3v) is 4.49. The van der Waals surface area contributed by atoms with Gasteiger partial charge in [-0.2, -0.15) is 0 Å². The van der Waals surface area contributed by atoms with Gasteiger partial charge in [0.2, 0.25) is 0 Å². The van der Waals surface area contributed by atoms with Crippen LogP contribution in [0.3, 0.4) is 0 Å². The van der Waals surface area contributed by atoms with Crippen LogP contribution in [-0.2, 0) is 0 Å². The molecule has 0 aliphatic carbocycles. The van der Waals surface area contributed by atoms with Crippen LogP contribution in [0.1, 0.15) is 24.2 Å². The highest BCUT2D eigenvalue weighted by Gasteiger charge is 2.12. The Kier molecular flexibility index (Phi) is 5.57. The molecule has 0 unspecified atom stereocenters. The number of hydrogen-bond acceptors (Lipinski definition) is 5. The second kappa shape index (κ2) is 8.61. The maximum Gasteiger partial charge on any atom is 0.251 e. The number of anilines is 2. The molecule has 0 atom stereocenters. The largest absolute Gasteiger partial charge is 0.356 e. The molecule has 6 nitrogen and oxygen atoms in total. The highest BCUT2D eigenvalue weighted by atomic mass is 16.5. The Hall–Kier alpha value is -3.93. The van der Waals surface area contributed by atoms with Gasteiger partial charge in [-0.1, -0.05) is 17.3 Å². The summed E-state index contributed by atoms with van der Waals surface area (Å²) in [6, 6.07) is 21.1. The number of carbonyl (C=O) groups is 1. The minimum Gasteiger partial charge on any atom is -0.356 e. The van der Waals surface area contributed by atoms with Crippen LogP contribution in [0.4, 0.5) is 11.4 Å². The van der Waals surface area contributed by atoms with E-state index in [1.165, 1.54) is 0 Å². The van der Waals surface area contributed by atoms with Crippen LogP contribution in [0, 0.1) is 0 Å². The molecule has 0 bridgehead atoms. The van der Waals surface area contributed by atoms with E-state index in [0.717, 1.165) is 22.5 Å². The summed E-state index contributed by atoms with van der Waals surface area (Å²) in [5, 5.41) is 10.4. The fraction of sp³-hybridized carbons (Fsp3) is 0.125. The summed E-state index contributed by atoms with van der Waals surface area (Å²) >= 11 is 0. The first-order chi connectivity index (χ1) is 14.6. The van der Waals surface area contributed by atoms with Crippen LogP contribution in [0.2, 0.25) is 0 Å².